The number of nitrogens with zero attached hydrogens (tertiary/aromatic N) is 2. The third-order valence-corrected chi connectivity index (χ3v) is 6.53. The van der Waals surface area contributed by atoms with Crippen LogP contribution in [0.15, 0.2) is 33.1 Å². The fourth-order valence-electron chi connectivity index (χ4n) is 2.59. The standard InChI is InChI=1S/C17H21BrN4O2S2/c1-11(12-4-6-13(18)7-5-12)20-15(23)10-25-17-22-21-16(26-17)19-9-14-3-2-8-24-14/h4-7,11,14H,2-3,8-10H2,1H3,(H,19,21)(H,20,23)/t11-,14-/m0/s1. The smallest absolute Gasteiger partial charge is 0.230 e. The van der Waals surface area contributed by atoms with Crippen molar-refractivity contribution in [3.05, 3.63) is 34.3 Å². The zero-order valence-corrected chi connectivity index (χ0v) is 17.6. The molecule has 1 aromatic heterocycles. The largest absolute Gasteiger partial charge is 0.376 e. The number of anilines is 1. The Kier molecular flexibility index (Phi) is 7.30. The van der Waals surface area contributed by atoms with Crippen molar-refractivity contribution in [2.45, 2.75) is 36.3 Å². The number of amides is 1. The number of hydrogen-bond donors (Lipinski definition) is 2. The molecule has 2 aromatic rings. The first-order valence-electron chi connectivity index (χ1n) is 8.47. The number of carbonyl (C=O) groups is 1. The van der Waals surface area contributed by atoms with Gasteiger partial charge in [-0.3, -0.25) is 4.79 Å². The maximum absolute atomic E-state index is 12.2. The number of aromatic nitrogens is 2. The summed E-state index contributed by atoms with van der Waals surface area (Å²) in [4.78, 5) is 12.2. The van der Waals surface area contributed by atoms with E-state index in [1.165, 1.54) is 23.1 Å². The van der Waals surface area contributed by atoms with E-state index in [1.54, 1.807) is 0 Å². The minimum atomic E-state index is -0.0331. The van der Waals surface area contributed by atoms with Gasteiger partial charge in [-0.15, -0.1) is 10.2 Å². The SMILES string of the molecule is C[C@H](NC(=O)CSc1nnc(NC[C@@H]2CCCO2)s1)c1ccc(Br)cc1. The number of halogens is 1. The van der Waals surface area contributed by atoms with Crippen molar-refractivity contribution in [2.24, 2.45) is 0 Å². The molecule has 0 spiro atoms. The van der Waals surface area contributed by atoms with Gasteiger partial charge in [0.2, 0.25) is 11.0 Å². The first-order chi connectivity index (χ1) is 12.6. The molecule has 2 atom stereocenters. The summed E-state index contributed by atoms with van der Waals surface area (Å²) in [5, 5.41) is 15.3. The van der Waals surface area contributed by atoms with Crippen molar-refractivity contribution in [1.29, 1.82) is 0 Å². The summed E-state index contributed by atoms with van der Waals surface area (Å²) >= 11 is 6.28. The Morgan fingerprint density at radius 2 is 2.23 bits per heavy atom. The van der Waals surface area contributed by atoms with Crippen LogP contribution in [0.5, 0.6) is 0 Å². The molecule has 3 rings (SSSR count). The first kappa shape index (κ1) is 19.6. The lowest BCUT2D eigenvalue weighted by molar-refractivity contribution is -0.119. The minimum absolute atomic E-state index is 0.0190. The number of rotatable bonds is 8. The van der Waals surface area contributed by atoms with E-state index in [2.05, 4.69) is 36.8 Å². The number of thioether (sulfide) groups is 1. The van der Waals surface area contributed by atoms with Gasteiger partial charge in [0.1, 0.15) is 0 Å². The fraction of sp³-hybridized carbons (Fsp3) is 0.471. The van der Waals surface area contributed by atoms with Gasteiger partial charge in [0.15, 0.2) is 4.34 Å². The van der Waals surface area contributed by atoms with Crippen LogP contribution in [0.3, 0.4) is 0 Å². The number of carbonyl (C=O) groups excluding carboxylic acids is 1. The number of nitrogens with one attached hydrogen (secondary N) is 2. The molecule has 1 amide bonds. The van der Waals surface area contributed by atoms with Crippen molar-refractivity contribution >= 4 is 50.1 Å². The van der Waals surface area contributed by atoms with Crippen LogP contribution in [0.4, 0.5) is 5.13 Å². The molecule has 1 aliphatic heterocycles. The lowest BCUT2D eigenvalue weighted by Gasteiger charge is -2.14. The van der Waals surface area contributed by atoms with E-state index in [9.17, 15) is 4.79 Å². The maximum atomic E-state index is 12.2. The highest BCUT2D eigenvalue weighted by Gasteiger charge is 2.16. The average molecular weight is 457 g/mol. The molecule has 0 unspecified atom stereocenters. The van der Waals surface area contributed by atoms with Crippen LogP contribution in [-0.2, 0) is 9.53 Å². The van der Waals surface area contributed by atoms with Crippen molar-refractivity contribution in [1.82, 2.24) is 15.5 Å². The highest BCUT2D eigenvalue weighted by molar-refractivity contribution is 9.10. The van der Waals surface area contributed by atoms with Gasteiger partial charge in [0, 0.05) is 17.6 Å². The molecular weight excluding hydrogens is 436 g/mol. The zero-order valence-electron chi connectivity index (χ0n) is 14.4. The van der Waals surface area contributed by atoms with Gasteiger partial charge in [0.05, 0.1) is 17.9 Å². The fourth-order valence-corrected chi connectivity index (χ4v) is 4.43. The molecule has 1 fully saturated rings. The first-order valence-corrected chi connectivity index (χ1v) is 11.1. The molecule has 9 heteroatoms. The van der Waals surface area contributed by atoms with Crippen LogP contribution in [0.25, 0.3) is 0 Å². The Labute approximate surface area is 169 Å². The van der Waals surface area contributed by atoms with Gasteiger partial charge in [-0.1, -0.05) is 51.2 Å². The normalized spacial score (nSPS) is 17.8. The number of ether oxygens (including phenoxy) is 1. The summed E-state index contributed by atoms with van der Waals surface area (Å²) in [6.45, 7) is 3.58. The molecule has 140 valence electrons. The number of benzene rings is 1. The summed E-state index contributed by atoms with van der Waals surface area (Å²) in [6.07, 6.45) is 2.47. The summed E-state index contributed by atoms with van der Waals surface area (Å²) < 4.78 is 7.38. The molecule has 0 radical (unpaired) electrons. The third kappa shape index (κ3) is 5.94. The Bertz CT molecular complexity index is 720. The van der Waals surface area contributed by atoms with E-state index >= 15 is 0 Å². The predicted octanol–water partition coefficient (Wildman–Crippen LogP) is 3.86. The average Bonchev–Trinajstić information content (AvgIpc) is 3.30. The van der Waals surface area contributed by atoms with Gasteiger partial charge in [0.25, 0.3) is 0 Å². The Balaban J connectivity index is 1.40. The van der Waals surface area contributed by atoms with Crippen LogP contribution in [0, 0.1) is 0 Å². The van der Waals surface area contributed by atoms with Crippen LogP contribution in [0.2, 0.25) is 0 Å². The van der Waals surface area contributed by atoms with Gasteiger partial charge < -0.3 is 15.4 Å². The Morgan fingerprint density at radius 1 is 1.42 bits per heavy atom. The quantitative estimate of drug-likeness (QED) is 0.587. The maximum Gasteiger partial charge on any atom is 0.230 e. The molecule has 26 heavy (non-hydrogen) atoms. The third-order valence-electron chi connectivity index (χ3n) is 3.99. The highest BCUT2D eigenvalue weighted by Crippen LogP contribution is 2.26. The van der Waals surface area contributed by atoms with Gasteiger partial charge in [-0.2, -0.15) is 0 Å². The predicted molar refractivity (Wildman–Crippen MR) is 109 cm³/mol. The minimum Gasteiger partial charge on any atom is -0.376 e. The van der Waals surface area contributed by atoms with Gasteiger partial charge in [-0.05, 0) is 37.5 Å². The topological polar surface area (TPSA) is 76.1 Å². The van der Waals surface area contributed by atoms with Crippen molar-refractivity contribution in [3.63, 3.8) is 0 Å². The van der Waals surface area contributed by atoms with Crippen LogP contribution in [-0.4, -0.2) is 41.1 Å². The lowest BCUT2D eigenvalue weighted by atomic mass is 10.1. The van der Waals surface area contributed by atoms with E-state index in [1.807, 2.05) is 31.2 Å². The van der Waals surface area contributed by atoms with E-state index < -0.39 is 0 Å². The van der Waals surface area contributed by atoms with Gasteiger partial charge >= 0.3 is 0 Å². The monoisotopic (exact) mass is 456 g/mol. The van der Waals surface area contributed by atoms with Crippen molar-refractivity contribution in [2.75, 3.05) is 24.2 Å². The molecule has 2 heterocycles. The molecule has 0 bridgehead atoms. The summed E-state index contributed by atoms with van der Waals surface area (Å²) in [5.41, 5.74) is 1.07. The second kappa shape index (κ2) is 9.68. The molecule has 0 saturated carbocycles. The Morgan fingerprint density at radius 3 is 2.96 bits per heavy atom. The molecule has 6 nitrogen and oxygen atoms in total. The van der Waals surface area contributed by atoms with Gasteiger partial charge in [-0.25, -0.2) is 0 Å². The summed E-state index contributed by atoms with van der Waals surface area (Å²) in [5.74, 6) is 0.302. The summed E-state index contributed by atoms with van der Waals surface area (Å²) in [7, 11) is 0. The molecule has 1 aromatic carbocycles. The van der Waals surface area contributed by atoms with Crippen molar-refractivity contribution in [3.8, 4) is 0 Å². The second-order valence-electron chi connectivity index (χ2n) is 6.02. The molecule has 1 saturated heterocycles. The van der Waals surface area contributed by atoms with E-state index in [0.29, 0.717) is 5.75 Å². The van der Waals surface area contributed by atoms with E-state index in [0.717, 1.165) is 45.5 Å². The van der Waals surface area contributed by atoms with Crippen LogP contribution < -0.4 is 10.6 Å². The van der Waals surface area contributed by atoms with Crippen molar-refractivity contribution < 1.29 is 9.53 Å². The highest BCUT2D eigenvalue weighted by atomic mass is 79.9. The summed E-state index contributed by atoms with van der Waals surface area (Å²) in [6, 6.07) is 7.91. The second-order valence-corrected chi connectivity index (χ2v) is 9.13. The molecule has 1 aliphatic rings. The molecule has 0 aliphatic carbocycles. The number of hydrogen-bond acceptors (Lipinski definition) is 7. The molecule has 2 N–H and O–H groups in total. The van der Waals surface area contributed by atoms with Crippen LogP contribution >= 0.6 is 39.0 Å². The lowest BCUT2D eigenvalue weighted by Crippen LogP contribution is -2.28. The zero-order chi connectivity index (χ0) is 18.4. The van der Waals surface area contributed by atoms with Crippen LogP contribution in [0.1, 0.15) is 31.4 Å². The van der Waals surface area contributed by atoms with E-state index in [4.69, 9.17) is 4.74 Å². The Hall–Kier alpha value is -1.16. The molecular formula is C17H21BrN4O2S2. The van der Waals surface area contributed by atoms with E-state index in [-0.39, 0.29) is 18.1 Å².